The molecule has 0 aromatic heterocycles. The number of anilines is 1. The normalized spacial score (nSPS) is 19.8. The van der Waals surface area contributed by atoms with Gasteiger partial charge in [0.25, 0.3) is 0 Å². The van der Waals surface area contributed by atoms with Gasteiger partial charge in [-0.3, -0.25) is 14.5 Å². The van der Waals surface area contributed by atoms with E-state index in [0.717, 1.165) is 28.5 Å². The van der Waals surface area contributed by atoms with Crippen LogP contribution in [0.25, 0.3) is 0 Å². The van der Waals surface area contributed by atoms with Gasteiger partial charge in [0.05, 0.1) is 6.54 Å². The average Bonchev–Trinajstić information content (AvgIpc) is 2.64. The number of nitrogens with one attached hydrogen (secondary N) is 1. The van der Waals surface area contributed by atoms with Crippen LogP contribution in [0.3, 0.4) is 0 Å². The summed E-state index contributed by atoms with van der Waals surface area (Å²) >= 11 is 2.19. The van der Waals surface area contributed by atoms with Gasteiger partial charge in [-0.25, -0.2) is 0 Å². The molecule has 1 aliphatic rings. The second kappa shape index (κ2) is 7.74. The Hall–Kier alpha value is -1.15. The van der Waals surface area contributed by atoms with Crippen molar-refractivity contribution in [3.8, 4) is 0 Å². The molecule has 0 aliphatic carbocycles. The third-order valence-electron chi connectivity index (χ3n) is 3.60. The van der Waals surface area contributed by atoms with E-state index in [1.807, 2.05) is 24.3 Å². The van der Waals surface area contributed by atoms with E-state index in [1.165, 1.54) is 0 Å². The lowest BCUT2D eigenvalue weighted by atomic mass is 10.1. The molecule has 1 unspecified atom stereocenters. The number of nitrogens with zero attached hydrogens (tertiary/aromatic N) is 1. The van der Waals surface area contributed by atoms with E-state index in [-0.39, 0.29) is 12.5 Å². The van der Waals surface area contributed by atoms with Gasteiger partial charge in [-0.05, 0) is 60.2 Å². The van der Waals surface area contributed by atoms with Crippen LogP contribution in [-0.4, -0.2) is 41.0 Å². The topological polar surface area (TPSA) is 69.6 Å². The Labute approximate surface area is 137 Å². The summed E-state index contributed by atoms with van der Waals surface area (Å²) < 4.78 is 1.04. The third-order valence-corrected chi connectivity index (χ3v) is 4.27. The van der Waals surface area contributed by atoms with Crippen molar-refractivity contribution in [2.75, 3.05) is 18.4 Å². The molecular weight excluding hydrogens is 383 g/mol. The maximum atomic E-state index is 12.1. The number of carboxylic acid groups (broad SMARTS) is 1. The molecular formula is C15H19IN2O3. The quantitative estimate of drug-likeness (QED) is 0.760. The van der Waals surface area contributed by atoms with E-state index in [4.69, 9.17) is 0 Å². The molecule has 1 aromatic rings. The molecule has 0 bridgehead atoms. The predicted octanol–water partition coefficient (Wildman–Crippen LogP) is 2.56. The third kappa shape index (κ3) is 4.96. The van der Waals surface area contributed by atoms with Crippen molar-refractivity contribution >= 4 is 40.2 Å². The Morgan fingerprint density at radius 3 is 2.86 bits per heavy atom. The maximum absolute atomic E-state index is 12.1. The number of rotatable bonds is 4. The molecule has 1 aliphatic heterocycles. The Morgan fingerprint density at radius 2 is 2.14 bits per heavy atom. The van der Waals surface area contributed by atoms with Gasteiger partial charge < -0.3 is 10.4 Å². The van der Waals surface area contributed by atoms with Crippen LogP contribution in [0.1, 0.15) is 25.7 Å². The van der Waals surface area contributed by atoms with Crippen LogP contribution in [0.5, 0.6) is 0 Å². The van der Waals surface area contributed by atoms with E-state index in [9.17, 15) is 14.7 Å². The Kier molecular flexibility index (Phi) is 5.98. The van der Waals surface area contributed by atoms with E-state index in [1.54, 1.807) is 4.90 Å². The predicted molar refractivity (Wildman–Crippen MR) is 89.3 cm³/mol. The van der Waals surface area contributed by atoms with Crippen LogP contribution in [0.2, 0.25) is 0 Å². The van der Waals surface area contributed by atoms with Gasteiger partial charge in [-0.2, -0.15) is 0 Å². The summed E-state index contributed by atoms with van der Waals surface area (Å²) in [7, 11) is 0. The molecule has 1 saturated heterocycles. The smallest absolute Gasteiger partial charge is 0.320 e. The number of likely N-dealkylation sites (tertiary alicyclic amines) is 1. The molecule has 1 atom stereocenters. The Morgan fingerprint density at radius 1 is 1.33 bits per heavy atom. The van der Waals surface area contributed by atoms with Crippen molar-refractivity contribution in [1.29, 1.82) is 0 Å². The summed E-state index contributed by atoms with van der Waals surface area (Å²) in [5, 5.41) is 12.1. The fraction of sp³-hybridized carbons (Fsp3) is 0.467. The average molecular weight is 402 g/mol. The number of carboxylic acids is 1. The molecule has 5 nitrogen and oxygen atoms in total. The lowest BCUT2D eigenvalue weighted by Gasteiger charge is -2.25. The van der Waals surface area contributed by atoms with Crippen LogP contribution in [0, 0.1) is 3.57 Å². The molecule has 0 radical (unpaired) electrons. The first-order valence-corrected chi connectivity index (χ1v) is 8.16. The van der Waals surface area contributed by atoms with E-state index >= 15 is 0 Å². The first-order valence-electron chi connectivity index (χ1n) is 7.08. The summed E-state index contributed by atoms with van der Waals surface area (Å²) in [6.07, 6.45) is 3.50. The molecule has 21 heavy (non-hydrogen) atoms. The first-order chi connectivity index (χ1) is 10.1. The Bertz CT molecular complexity index is 521. The van der Waals surface area contributed by atoms with Gasteiger partial charge in [0.1, 0.15) is 6.04 Å². The molecule has 2 rings (SSSR count). The van der Waals surface area contributed by atoms with Crippen LogP contribution < -0.4 is 5.32 Å². The number of hydrogen-bond acceptors (Lipinski definition) is 3. The molecule has 6 heteroatoms. The van der Waals surface area contributed by atoms with Crippen LogP contribution in [-0.2, 0) is 9.59 Å². The van der Waals surface area contributed by atoms with Gasteiger partial charge in [-0.15, -0.1) is 0 Å². The van der Waals surface area contributed by atoms with Crippen LogP contribution >= 0.6 is 22.6 Å². The number of hydrogen-bond donors (Lipinski definition) is 2. The number of benzene rings is 1. The van der Waals surface area contributed by atoms with E-state index in [0.29, 0.717) is 13.0 Å². The number of carbonyl (C=O) groups excluding carboxylic acids is 1. The summed E-state index contributed by atoms with van der Waals surface area (Å²) in [5.41, 5.74) is 0.744. The highest BCUT2D eigenvalue weighted by molar-refractivity contribution is 14.1. The molecule has 1 fully saturated rings. The summed E-state index contributed by atoms with van der Waals surface area (Å²) in [6.45, 7) is 0.791. The largest absolute Gasteiger partial charge is 0.480 e. The number of halogens is 1. The molecule has 1 aromatic carbocycles. The minimum atomic E-state index is -0.834. The fourth-order valence-corrected chi connectivity index (χ4v) is 3.13. The van der Waals surface area contributed by atoms with Gasteiger partial charge in [0, 0.05) is 9.26 Å². The van der Waals surface area contributed by atoms with Gasteiger partial charge in [0.15, 0.2) is 0 Å². The number of amides is 1. The zero-order valence-corrected chi connectivity index (χ0v) is 13.9. The van der Waals surface area contributed by atoms with E-state index in [2.05, 4.69) is 27.9 Å². The summed E-state index contributed by atoms with van der Waals surface area (Å²) in [4.78, 5) is 25.2. The van der Waals surface area contributed by atoms with Crippen molar-refractivity contribution in [3.63, 3.8) is 0 Å². The minimum absolute atomic E-state index is 0.127. The lowest BCUT2D eigenvalue weighted by molar-refractivity contribution is -0.143. The Balaban J connectivity index is 1.97. The molecule has 1 amide bonds. The van der Waals surface area contributed by atoms with Crippen molar-refractivity contribution in [3.05, 3.63) is 27.8 Å². The highest BCUT2D eigenvalue weighted by Gasteiger charge is 2.28. The van der Waals surface area contributed by atoms with Crippen LogP contribution in [0.4, 0.5) is 5.69 Å². The van der Waals surface area contributed by atoms with Crippen molar-refractivity contribution in [2.24, 2.45) is 0 Å². The number of carbonyl (C=O) groups is 2. The molecule has 114 valence electrons. The summed E-state index contributed by atoms with van der Waals surface area (Å²) in [6, 6.07) is 7.00. The fourth-order valence-electron chi connectivity index (χ4n) is 2.59. The van der Waals surface area contributed by atoms with Gasteiger partial charge in [-0.1, -0.05) is 18.9 Å². The SMILES string of the molecule is O=C(CN1CCCCCC1C(=O)O)Nc1cccc(I)c1. The second-order valence-corrected chi connectivity index (χ2v) is 6.48. The molecule has 0 saturated carbocycles. The first kappa shape index (κ1) is 16.2. The molecule has 0 spiro atoms. The molecule has 2 N–H and O–H groups in total. The van der Waals surface area contributed by atoms with E-state index < -0.39 is 12.0 Å². The van der Waals surface area contributed by atoms with Crippen molar-refractivity contribution < 1.29 is 14.7 Å². The zero-order valence-electron chi connectivity index (χ0n) is 11.7. The highest BCUT2D eigenvalue weighted by Crippen LogP contribution is 2.17. The minimum Gasteiger partial charge on any atom is -0.480 e. The maximum Gasteiger partial charge on any atom is 0.320 e. The van der Waals surface area contributed by atoms with Gasteiger partial charge in [0.2, 0.25) is 5.91 Å². The monoisotopic (exact) mass is 402 g/mol. The zero-order chi connectivity index (χ0) is 15.2. The second-order valence-electron chi connectivity index (χ2n) is 5.23. The lowest BCUT2D eigenvalue weighted by Crippen LogP contribution is -2.44. The summed E-state index contributed by atoms with van der Waals surface area (Å²) in [5.74, 6) is -0.996. The van der Waals surface area contributed by atoms with Gasteiger partial charge >= 0.3 is 5.97 Å². The van der Waals surface area contributed by atoms with Crippen molar-refractivity contribution in [1.82, 2.24) is 4.90 Å². The van der Waals surface area contributed by atoms with Crippen molar-refractivity contribution in [2.45, 2.75) is 31.7 Å². The number of aliphatic carboxylic acids is 1. The van der Waals surface area contributed by atoms with Crippen LogP contribution in [0.15, 0.2) is 24.3 Å². The standard InChI is InChI=1S/C15H19IN2O3/c16-11-5-4-6-12(9-11)17-14(19)10-18-8-3-1-2-7-13(18)15(20)21/h4-6,9,13H,1-3,7-8,10H2,(H,17,19)(H,20,21). The molecule has 1 heterocycles. The highest BCUT2D eigenvalue weighted by atomic mass is 127.